The maximum atomic E-state index is 12.5. The van der Waals surface area contributed by atoms with Crippen LogP contribution in [-0.2, 0) is 9.53 Å². The predicted octanol–water partition coefficient (Wildman–Crippen LogP) is 6.12. The molecule has 0 aliphatic rings. The van der Waals surface area contributed by atoms with Crippen LogP contribution in [0.25, 0.3) is 38.4 Å². The number of aryl methyl sites for hydroxylation is 1. The van der Waals surface area contributed by atoms with Crippen molar-refractivity contribution in [2.24, 2.45) is 0 Å². The quantitative estimate of drug-likeness (QED) is 0.349. The van der Waals surface area contributed by atoms with Crippen molar-refractivity contribution >= 4 is 33.2 Å². The maximum absolute atomic E-state index is 12.5. The molecule has 1 atom stereocenters. The summed E-state index contributed by atoms with van der Waals surface area (Å²) in [6.07, 6.45) is 3.41. The number of rotatable bonds is 7. The lowest BCUT2D eigenvalue weighted by Gasteiger charge is -2.15. The van der Waals surface area contributed by atoms with Crippen LogP contribution in [0.3, 0.4) is 0 Å². The number of methoxy groups -OCH3 is 2. The number of carbonyl (C=O) groups excluding carboxylic acids is 1. The normalized spacial score (nSPS) is 12.8. The van der Waals surface area contributed by atoms with Crippen LogP contribution < -0.4 is 10.1 Å². The molecule has 170 valence electrons. The molecule has 0 bridgehead atoms. The molecule has 0 saturated heterocycles. The minimum absolute atomic E-state index is 0.0792. The summed E-state index contributed by atoms with van der Waals surface area (Å²) in [5.41, 5.74) is 5.47. The Morgan fingerprint density at radius 3 is 2.61 bits per heavy atom. The summed E-state index contributed by atoms with van der Waals surface area (Å²) in [5, 5.41) is 6.25. The van der Waals surface area contributed by atoms with Crippen molar-refractivity contribution < 1.29 is 18.7 Å². The summed E-state index contributed by atoms with van der Waals surface area (Å²) < 4.78 is 16.9. The largest absolute Gasteiger partial charge is 0.496 e. The molecule has 3 aromatic carbocycles. The number of allylic oxidation sites excluding steroid dienone is 1. The Kier molecular flexibility index (Phi) is 6.52. The number of hydrogen-bond acceptors (Lipinski definition) is 4. The number of fused-ring (bicyclic) bond motifs is 2. The molecule has 0 aliphatic carbocycles. The van der Waals surface area contributed by atoms with Crippen LogP contribution in [0.1, 0.15) is 25.0 Å². The molecule has 5 heteroatoms. The number of nitrogens with one attached hydrogen (secondary N) is 1. The van der Waals surface area contributed by atoms with Crippen molar-refractivity contribution in [3.63, 3.8) is 0 Å². The first-order chi connectivity index (χ1) is 15.9. The molecule has 5 nitrogen and oxygen atoms in total. The molecule has 33 heavy (non-hydrogen) atoms. The van der Waals surface area contributed by atoms with Crippen LogP contribution in [0.2, 0.25) is 0 Å². The highest BCUT2D eigenvalue weighted by Crippen LogP contribution is 2.42. The number of hydrogen-bond donors (Lipinski definition) is 1. The minimum atomic E-state index is -0.168. The number of carbonyl (C=O) groups is 1. The van der Waals surface area contributed by atoms with E-state index in [1.807, 2.05) is 32.9 Å². The second-order valence-electron chi connectivity index (χ2n) is 8.33. The monoisotopic (exact) mass is 443 g/mol. The Bertz CT molecular complexity index is 1340. The molecule has 0 aliphatic heterocycles. The SMILES string of the molecule is COCC(C)NC(=O)/C=C(\C)c1cc2c(-c3cccc4ccccc34)coc2c(C)c1OC. The van der Waals surface area contributed by atoms with Gasteiger partial charge in [-0.3, -0.25) is 4.79 Å². The average molecular weight is 444 g/mol. The Morgan fingerprint density at radius 2 is 1.85 bits per heavy atom. The number of furan rings is 1. The summed E-state index contributed by atoms with van der Waals surface area (Å²) in [6, 6.07) is 16.6. The van der Waals surface area contributed by atoms with E-state index in [9.17, 15) is 4.79 Å². The highest BCUT2D eigenvalue weighted by molar-refractivity contribution is 6.07. The van der Waals surface area contributed by atoms with Crippen LogP contribution in [-0.4, -0.2) is 32.8 Å². The Labute approximate surface area is 194 Å². The third-order valence-electron chi connectivity index (χ3n) is 5.91. The number of ether oxygens (including phenoxy) is 2. The standard InChI is InChI=1S/C28H29NO4/c1-17(13-26(30)29-18(2)15-31-4)23-14-24-25(16-33-28(24)19(3)27(23)32-5)22-12-8-10-20-9-6-7-11-21(20)22/h6-14,16,18H,15H2,1-5H3,(H,29,30)/b17-13+. The van der Waals surface area contributed by atoms with E-state index < -0.39 is 0 Å². The molecular formula is C28H29NO4. The van der Waals surface area contributed by atoms with Gasteiger partial charge < -0.3 is 19.2 Å². The molecule has 1 unspecified atom stereocenters. The molecule has 0 radical (unpaired) electrons. The third-order valence-corrected chi connectivity index (χ3v) is 5.91. The van der Waals surface area contributed by atoms with Crippen LogP contribution in [0.4, 0.5) is 0 Å². The van der Waals surface area contributed by atoms with Gasteiger partial charge in [0.1, 0.15) is 11.3 Å². The Balaban J connectivity index is 1.85. The van der Waals surface area contributed by atoms with Gasteiger partial charge in [-0.2, -0.15) is 0 Å². The van der Waals surface area contributed by atoms with Gasteiger partial charge in [0.05, 0.1) is 20.0 Å². The van der Waals surface area contributed by atoms with Crippen molar-refractivity contribution in [3.8, 4) is 16.9 Å². The summed E-state index contributed by atoms with van der Waals surface area (Å²) in [5.74, 6) is 0.533. The average Bonchev–Trinajstić information content (AvgIpc) is 3.22. The fourth-order valence-electron chi connectivity index (χ4n) is 4.39. The molecule has 1 N–H and O–H groups in total. The van der Waals surface area contributed by atoms with Crippen LogP contribution >= 0.6 is 0 Å². The third kappa shape index (κ3) is 4.37. The van der Waals surface area contributed by atoms with E-state index in [-0.39, 0.29) is 11.9 Å². The van der Waals surface area contributed by atoms with Gasteiger partial charge in [0.2, 0.25) is 5.91 Å². The minimum Gasteiger partial charge on any atom is -0.496 e. The summed E-state index contributed by atoms with van der Waals surface area (Å²) >= 11 is 0. The number of benzene rings is 3. The lowest BCUT2D eigenvalue weighted by molar-refractivity contribution is -0.117. The molecule has 0 saturated carbocycles. The van der Waals surface area contributed by atoms with Gasteiger partial charge in [-0.25, -0.2) is 0 Å². The first-order valence-corrected chi connectivity index (χ1v) is 11.0. The highest BCUT2D eigenvalue weighted by Gasteiger charge is 2.19. The topological polar surface area (TPSA) is 60.7 Å². The zero-order valence-electron chi connectivity index (χ0n) is 19.7. The molecule has 0 fully saturated rings. The summed E-state index contributed by atoms with van der Waals surface area (Å²) in [6.45, 7) is 6.26. The van der Waals surface area contributed by atoms with Gasteiger partial charge >= 0.3 is 0 Å². The van der Waals surface area contributed by atoms with E-state index >= 15 is 0 Å². The fourth-order valence-corrected chi connectivity index (χ4v) is 4.39. The van der Waals surface area contributed by atoms with Crippen molar-refractivity contribution in [2.45, 2.75) is 26.8 Å². The van der Waals surface area contributed by atoms with E-state index in [1.165, 1.54) is 5.39 Å². The van der Waals surface area contributed by atoms with Crippen molar-refractivity contribution in [3.05, 3.63) is 72.0 Å². The van der Waals surface area contributed by atoms with E-state index in [0.29, 0.717) is 12.4 Å². The number of amides is 1. The molecule has 1 amide bonds. The predicted molar refractivity (Wildman–Crippen MR) is 134 cm³/mol. The van der Waals surface area contributed by atoms with Gasteiger partial charge in [0, 0.05) is 41.3 Å². The Hall–Kier alpha value is -3.57. The second kappa shape index (κ2) is 9.51. The zero-order chi connectivity index (χ0) is 23.5. The van der Waals surface area contributed by atoms with Crippen molar-refractivity contribution in [2.75, 3.05) is 20.8 Å². The van der Waals surface area contributed by atoms with Gasteiger partial charge in [-0.05, 0) is 48.7 Å². The van der Waals surface area contributed by atoms with Gasteiger partial charge in [-0.1, -0.05) is 42.5 Å². The molecule has 0 spiro atoms. The smallest absolute Gasteiger partial charge is 0.244 e. The van der Waals surface area contributed by atoms with Gasteiger partial charge in [-0.15, -0.1) is 0 Å². The first-order valence-electron chi connectivity index (χ1n) is 11.0. The van der Waals surface area contributed by atoms with E-state index in [1.54, 1.807) is 26.6 Å². The highest BCUT2D eigenvalue weighted by atomic mass is 16.5. The maximum Gasteiger partial charge on any atom is 0.244 e. The molecule has 4 rings (SSSR count). The summed E-state index contributed by atoms with van der Waals surface area (Å²) in [4.78, 5) is 12.5. The van der Waals surface area contributed by atoms with Gasteiger partial charge in [0.25, 0.3) is 0 Å². The zero-order valence-corrected chi connectivity index (χ0v) is 19.7. The lowest BCUT2D eigenvalue weighted by atomic mass is 9.94. The Morgan fingerprint density at radius 1 is 1.09 bits per heavy atom. The molecule has 4 aromatic rings. The van der Waals surface area contributed by atoms with Crippen LogP contribution in [0, 0.1) is 6.92 Å². The molecular weight excluding hydrogens is 414 g/mol. The second-order valence-corrected chi connectivity index (χ2v) is 8.33. The van der Waals surface area contributed by atoms with Crippen LogP contribution in [0.5, 0.6) is 5.75 Å². The summed E-state index contributed by atoms with van der Waals surface area (Å²) in [7, 11) is 3.26. The van der Waals surface area contributed by atoms with Crippen LogP contribution in [0.15, 0.2) is 65.3 Å². The molecule has 1 heterocycles. The van der Waals surface area contributed by atoms with E-state index in [2.05, 4.69) is 41.7 Å². The first kappa shape index (κ1) is 22.6. The lowest BCUT2D eigenvalue weighted by Crippen LogP contribution is -2.34. The fraction of sp³-hybridized carbons (Fsp3) is 0.250. The van der Waals surface area contributed by atoms with Crippen molar-refractivity contribution in [1.29, 1.82) is 0 Å². The van der Waals surface area contributed by atoms with Gasteiger partial charge in [0.15, 0.2) is 0 Å². The van der Waals surface area contributed by atoms with E-state index in [4.69, 9.17) is 13.9 Å². The van der Waals surface area contributed by atoms with Crippen molar-refractivity contribution in [1.82, 2.24) is 5.32 Å². The molecule has 1 aromatic heterocycles. The van der Waals surface area contributed by atoms with E-state index in [0.717, 1.165) is 44.2 Å².